The third-order valence-electron chi connectivity index (χ3n) is 5.31. The van der Waals surface area contributed by atoms with Crippen LogP contribution in [0.5, 0.6) is 11.8 Å². The van der Waals surface area contributed by atoms with Gasteiger partial charge in [0.25, 0.3) is 0 Å². The van der Waals surface area contributed by atoms with Crippen molar-refractivity contribution in [2.45, 2.75) is 0 Å². The highest BCUT2D eigenvalue weighted by Gasteiger charge is 2.17. The zero-order valence-corrected chi connectivity index (χ0v) is 17.3. The van der Waals surface area contributed by atoms with E-state index in [0.29, 0.717) is 25.0 Å². The summed E-state index contributed by atoms with van der Waals surface area (Å²) < 4.78 is 16.1. The van der Waals surface area contributed by atoms with Crippen molar-refractivity contribution in [2.24, 2.45) is 0 Å². The van der Waals surface area contributed by atoms with Gasteiger partial charge in [0.15, 0.2) is 0 Å². The molecule has 1 fully saturated rings. The number of aromatic amines is 1. The van der Waals surface area contributed by atoms with E-state index in [1.165, 1.54) is 0 Å². The van der Waals surface area contributed by atoms with E-state index in [0.717, 1.165) is 52.3 Å². The predicted molar refractivity (Wildman–Crippen MR) is 116 cm³/mol. The second kappa shape index (κ2) is 8.19. The number of hydrogen-bond donors (Lipinski definition) is 1. The average Bonchev–Trinajstić information content (AvgIpc) is 3.27. The molecule has 5 rings (SSSR count). The van der Waals surface area contributed by atoms with Crippen molar-refractivity contribution < 1.29 is 14.2 Å². The van der Waals surface area contributed by atoms with E-state index in [1.54, 1.807) is 26.5 Å². The van der Waals surface area contributed by atoms with Crippen LogP contribution in [0.4, 0.5) is 5.82 Å². The average molecular weight is 418 g/mol. The van der Waals surface area contributed by atoms with Gasteiger partial charge in [-0.1, -0.05) is 0 Å². The molecule has 0 bridgehead atoms. The minimum absolute atomic E-state index is 0.453. The third kappa shape index (κ3) is 3.64. The maximum Gasteiger partial charge on any atom is 0.225 e. The van der Waals surface area contributed by atoms with Crippen molar-refractivity contribution in [1.29, 1.82) is 0 Å². The summed E-state index contributed by atoms with van der Waals surface area (Å²) in [4.78, 5) is 15.7. The Hall–Kier alpha value is -3.72. The van der Waals surface area contributed by atoms with Gasteiger partial charge in [0.1, 0.15) is 11.5 Å². The second-order valence-electron chi connectivity index (χ2n) is 7.10. The minimum atomic E-state index is 0.453. The summed E-state index contributed by atoms with van der Waals surface area (Å²) in [6.07, 6.45) is 3.59. The van der Waals surface area contributed by atoms with Crippen molar-refractivity contribution in [1.82, 2.24) is 25.1 Å². The molecule has 158 valence electrons. The monoisotopic (exact) mass is 418 g/mol. The molecule has 0 radical (unpaired) electrons. The molecule has 0 atom stereocenters. The standard InChI is InChI=1S/C22H22N6O3/c1-29-20-4-3-15(22(25-20)30-2)17-12-16-18(13-24-17)26-27-21(16)14-5-6-23-19(11-14)28-7-9-31-10-8-28/h3-6,11-13H,7-10H2,1-2H3,(H,26,27). The molecule has 0 unspecified atom stereocenters. The first-order chi connectivity index (χ1) is 15.3. The van der Waals surface area contributed by atoms with Gasteiger partial charge in [0.05, 0.1) is 50.4 Å². The number of H-pyrrole nitrogens is 1. The van der Waals surface area contributed by atoms with Crippen molar-refractivity contribution in [3.63, 3.8) is 0 Å². The summed E-state index contributed by atoms with van der Waals surface area (Å²) in [6.45, 7) is 3.08. The van der Waals surface area contributed by atoms with Gasteiger partial charge in [-0.2, -0.15) is 10.1 Å². The number of aromatic nitrogens is 5. The van der Waals surface area contributed by atoms with Gasteiger partial charge in [-0.15, -0.1) is 0 Å². The molecule has 0 saturated carbocycles. The molecule has 0 aliphatic carbocycles. The van der Waals surface area contributed by atoms with Crippen LogP contribution in [0.25, 0.3) is 33.4 Å². The molecule has 0 amide bonds. The minimum Gasteiger partial charge on any atom is -0.481 e. The normalized spacial score (nSPS) is 14.1. The third-order valence-corrected chi connectivity index (χ3v) is 5.31. The maximum atomic E-state index is 5.46. The van der Waals surface area contributed by atoms with Crippen molar-refractivity contribution in [3.05, 3.63) is 42.7 Å². The van der Waals surface area contributed by atoms with Gasteiger partial charge in [-0.05, 0) is 24.3 Å². The summed E-state index contributed by atoms with van der Waals surface area (Å²) in [5, 5.41) is 8.59. The zero-order valence-electron chi connectivity index (χ0n) is 17.3. The number of pyridine rings is 3. The quantitative estimate of drug-likeness (QED) is 0.528. The number of hydrogen-bond acceptors (Lipinski definition) is 8. The van der Waals surface area contributed by atoms with E-state index < -0.39 is 0 Å². The summed E-state index contributed by atoms with van der Waals surface area (Å²) in [6, 6.07) is 9.71. The SMILES string of the molecule is COc1ccc(-c2cc3c(-c4ccnc(N5CCOCC5)c4)n[nH]c3cn2)c(OC)n1. The number of morpholine rings is 1. The molecular formula is C22H22N6O3. The fourth-order valence-electron chi connectivity index (χ4n) is 3.70. The Morgan fingerprint density at radius 1 is 1.03 bits per heavy atom. The van der Waals surface area contributed by atoms with E-state index in [4.69, 9.17) is 14.2 Å². The lowest BCUT2D eigenvalue weighted by Crippen LogP contribution is -2.36. The molecule has 9 nitrogen and oxygen atoms in total. The lowest BCUT2D eigenvalue weighted by atomic mass is 10.1. The van der Waals surface area contributed by atoms with E-state index in [1.807, 2.05) is 24.4 Å². The molecule has 31 heavy (non-hydrogen) atoms. The number of anilines is 1. The molecule has 0 spiro atoms. The van der Waals surface area contributed by atoms with Crippen LogP contribution in [0.15, 0.2) is 42.7 Å². The van der Waals surface area contributed by atoms with Gasteiger partial charge in [-0.3, -0.25) is 10.1 Å². The summed E-state index contributed by atoms with van der Waals surface area (Å²) in [5.41, 5.74) is 4.20. The first kappa shape index (κ1) is 19.3. The second-order valence-corrected chi connectivity index (χ2v) is 7.10. The summed E-state index contributed by atoms with van der Waals surface area (Å²) in [7, 11) is 3.15. The Balaban J connectivity index is 1.56. The number of fused-ring (bicyclic) bond motifs is 1. The van der Waals surface area contributed by atoms with Crippen LogP contribution in [0, 0.1) is 0 Å². The van der Waals surface area contributed by atoms with E-state index in [9.17, 15) is 0 Å². The first-order valence-corrected chi connectivity index (χ1v) is 9.99. The largest absolute Gasteiger partial charge is 0.481 e. The zero-order chi connectivity index (χ0) is 21.2. The molecule has 4 aromatic heterocycles. The van der Waals surface area contributed by atoms with Crippen LogP contribution < -0.4 is 14.4 Å². The number of methoxy groups -OCH3 is 2. The van der Waals surface area contributed by atoms with E-state index in [-0.39, 0.29) is 0 Å². The van der Waals surface area contributed by atoms with Crippen molar-refractivity contribution in [3.8, 4) is 34.3 Å². The molecule has 1 N–H and O–H groups in total. The molecule has 1 saturated heterocycles. The first-order valence-electron chi connectivity index (χ1n) is 9.99. The Bertz CT molecular complexity index is 1220. The Kier molecular flexibility index (Phi) is 5.09. The number of rotatable bonds is 5. The topological polar surface area (TPSA) is 98.3 Å². The van der Waals surface area contributed by atoms with Gasteiger partial charge in [-0.25, -0.2) is 4.98 Å². The van der Waals surface area contributed by atoms with Crippen molar-refractivity contribution >= 4 is 16.7 Å². The Morgan fingerprint density at radius 2 is 1.90 bits per heavy atom. The van der Waals surface area contributed by atoms with Gasteiger partial charge in [0, 0.05) is 36.3 Å². The molecule has 1 aliphatic heterocycles. The smallest absolute Gasteiger partial charge is 0.225 e. The molecule has 0 aromatic carbocycles. The molecule has 5 heterocycles. The fraction of sp³-hybridized carbons (Fsp3) is 0.273. The highest BCUT2D eigenvalue weighted by Crippen LogP contribution is 2.33. The highest BCUT2D eigenvalue weighted by molar-refractivity contribution is 5.95. The highest BCUT2D eigenvalue weighted by atomic mass is 16.5. The molecule has 4 aromatic rings. The van der Waals surface area contributed by atoms with Gasteiger partial charge >= 0.3 is 0 Å². The van der Waals surface area contributed by atoms with Crippen LogP contribution >= 0.6 is 0 Å². The number of nitrogens with zero attached hydrogens (tertiary/aromatic N) is 5. The number of nitrogens with one attached hydrogen (secondary N) is 1. The van der Waals surface area contributed by atoms with Crippen LogP contribution in [-0.2, 0) is 4.74 Å². The predicted octanol–water partition coefficient (Wildman–Crippen LogP) is 2.94. The van der Waals surface area contributed by atoms with Gasteiger partial charge < -0.3 is 19.1 Å². The van der Waals surface area contributed by atoms with Crippen molar-refractivity contribution in [2.75, 3.05) is 45.4 Å². The molecule has 9 heteroatoms. The van der Waals surface area contributed by atoms with E-state index in [2.05, 4.69) is 36.1 Å². The summed E-state index contributed by atoms with van der Waals surface area (Å²) >= 11 is 0. The van der Waals surface area contributed by atoms with Crippen LogP contribution in [0.2, 0.25) is 0 Å². The maximum absolute atomic E-state index is 5.46. The Labute approximate surface area is 179 Å². The molecular weight excluding hydrogens is 396 g/mol. The number of ether oxygens (including phenoxy) is 3. The van der Waals surface area contributed by atoms with Crippen LogP contribution in [0.1, 0.15) is 0 Å². The lowest BCUT2D eigenvalue weighted by Gasteiger charge is -2.27. The van der Waals surface area contributed by atoms with Gasteiger partial charge in [0.2, 0.25) is 11.8 Å². The van der Waals surface area contributed by atoms with E-state index >= 15 is 0 Å². The Morgan fingerprint density at radius 3 is 2.71 bits per heavy atom. The lowest BCUT2D eigenvalue weighted by molar-refractivity contribution is 0.122. The summed E-state index contributed by atoms with van der Waals surface area (Å²) in [5.74, 6) is 1.86. The fourth-order valence-corrected chi connectivity index (χ4v) is 3.70. The van der Waals surface area contributed by atoms with Crippen LogP contribution in [-0.4, -0.2) is 65.7 Å². The van der Waals surface area contributed by atoms with Crippen LogP contribution in [0.3, 0.4) is 0 Å². The molecule has 1 aliphatic rings.